The molecule has 1 aliphatic rings. The average molecular weight is 362 g/mol. The van der Waals surface area contributed by atoms with Gasteiger partial charge in [0.25, 0.3) is 0 Å². The van der Waals surface area contributed by atoms with E-state index in [1.165, 1.54) is 44.1 Å². The topological polar surface area (TPSA) is 22.1 Å². The number of ether oxygens (including phenoxy) is 1. The van der Waals surface area contributed by atoms with Gasteiger partial charge in [0.15, 0.2) is 0 Å². The Labute approximate surface area is 164 Å². The molecule has 0 aliphatic heterocycles. The van der Waals surface area contributed by atoms with Gasteiger partial charge in [0, 0.05) is 5.56 Å². The minimum atomic E-state index is 0.722. The van der Waals surface area contributed by atoms with Crippen LogP contribution in [0.5, 0.6) is 5.75 Å². The van der Waals surface area contributed by atoms with Gasteiger partial charge in [0.2, 0.25) is 0 Å². The van der Waals surface area contributed by atoms with Crippen LogP contribution in [0.15, 0.2) is 42.6 Å². The molecule has 2 heteroatoms. The fraction of sp³-hybridized carbons (Fsp3) is 0.480. The van der Waals surface area contributed by atoms with Crippen LogP contribution in [0.1, 0.15) is 81.5 Å². The number of hydrogen-bond donors (Lipinski definition) is 0. The normalized spacial score (nSPS) is 19.2. The summed E-state index contributed by atoms with van der Waals surface area (Å²) in [6.45, 7) is 5.12. The number of aromatic nitrogens is 1. The van der Waals surface area contributed by atoms with Gasteiger partial charge in [-0.25, -0.2) is 4.98 Å². The standard InChI is InChI=1S/C25H31NO/c1-3-5-20-6-11-22(12-7-20)23-13-8-21(9-14-23)10-15-24-16-17-25(19-26-24)27-18-4-2/h8-9,13-14,16-17,19-20,22H,3-7,11-12,18H2,1-2H3. The molecule has 1 aromatic carbocycles. The highest BCUT2D eigenvalue weighted by molar-refractivity contribution is 5.42. The lowest BCUT2D eigenvalue weighted by Gasteiger charge is -2.28. The summed E-state index contributed by atoms with van der Waals surface area (Å²) in [7, 11) is 0. The van der Waals surface area contributed by atoms with Gasteiger partial charge in [0.1, 0.15) is 11.4 Å². The van der Waals surface area contributed by atoms with Gasteiger partial charge >= 0.3 is 0 Å². The van der Waals surface area contributed by atoms with Crippen molar-refractivity contribution < 1.29 is 4.74 Å². The molecule has 1 fully saturated rings. The third kappa shape index (κ3) is 5.86. The molecule has 0 amide bonds. The van der Waals surface area contributed by atoms with Crippen molar-refractivity contribution in [2.24, 2.45) is 5.92 Å². The predicted octanol–water partition coefficient (Wildman–Crippen LogP) is 6.34. The van der Waals surface area contributed by atoms with E-state index in [1.54, 1.807) is 6.20 Å². The van der Waals surface area contributed by atoms with Crippen LogP contribution >= 0.6 is 0 Å². The molecule has 142 valence electrons. The number of benzene rings is 1. The minimum absolute atomic E-state index is 0.722. The van der Waals surface area contributed by atoms with E-state index in [4.69, 9.17) is 4.74 Å². The van der Waals surface area contributed by atoms with E-state index in [9.17, 15) is 0 Å². The van der Waals surface area contributed by atoms with Crippen LogP contribution < -0.4 is 4.74 Å². The first-order chi connectivity index (χ1) is 13.3. The average Bonchev–Trinajstić information content (AvgIpc) is 2.73. The summed E-state index contributed by atoms with van der Waals surface area (Å²) in [5.74, 6) is 8.87. The van der Waals surface area contributed by atoms with E-state index in [0.29, 0.717) is 0 Å². The number of pyridine rings is 1. The largest absolute Gasteiger partial charge is 0.492 e. The SMILES string of the molecule is CCCOc1ccc(C#Cc2ccc(C3CCC(CCC)CC3)cc2)nc1. The van der Waals surface area contributed by atoms with Crippen molar-refractivity contribution in [3.63, 3.8) is 0 Å². The zero-order chi connectivity index (χ0) is 18.9. The first-order valence-electron chi connectivity index (χ1n) is 10.5. The molecular weight excluding hydrogens is 330 g/mol. The number of nitrogens with zero attached hydrogens (tertiary/aromatic N) is 1. The summed E-state index contributed by atoms with van der Waals surface area (Å²) in [6.07, 6.45) is 10.9. The van der Waals surface area contributed by atoms with Crippen LogP contribution in [0.4, 0.5) is 0 Å². The molecule has 1 aliphatic carbocycles. The summed E-state index contributed by atoms with van der Waals surface area (Å²) < 4.78 is 5.55. The molecule has 1 saturated carbocycles. The second kappa shape index (κ2) is 10.2. The quantitative estimate of drug-likeness (QED) is 0.560. The number of hydrogen-bond acceptors (Lipinski definition) is 2. The lowest BCUT2D eigenvalue weighted by atomic mass is 9.77. The third-order valence-electron chi connectivity index (χ3n) is 5.47. The van der Waals surface area contributed by atoms with Crippen LogP contribution in [0.25, 0.3) is 0 Å². The van der Waals surface area contributed by atoms with Crippen molar-refractivity contribution in [2.45, 2.75) is 64.7 Å². The molecule has 0 unspecified atom stereocenters. The Morgan fingerprint density at radius 3 is 2.33 bits per heavy atom. The Morgan fingerprint density at radius 2 is 1.70 bits per heavy atom. The summed E-state index contributed by atoms with van der Waals surface area (Å²) in [6, 6.07) is 12.7. The monoisotopic (exact) mass is 361 g/mol. The molecular formula is C25H31NO. The Balaban J connectivity index is 1.56. The van der Waals surface area contributed by atoms with Gasteiger partial charge in [-0.05, 0) is 79.7 Å². The molecule has 0 spiro atoms. The van der Waals surface area contributed by atoms with Crippen LogP contribution in [-0.2, 0) is 0 Å². The maximum Gasteiger partial charge on any atom is 0.137 e. The zero-order valence-electron chi connectivity index (χ0n) is 16.7. The van der Waals surface area contributed by atoms with Gasteiger partial charge in [-0.3, -0.25) is 0 Å². The molecule has 0 radical (unpaired) electrons. The second-order valence-corrected chi connectivity index (χ2v) is 7.61. The van der Waals surface area contributed by atoms with Gasteiger partial charge < -0.3 is 4.74 Å². The van der Waals surface area contributed by atoms with E-state index in [2.05, 4.69) is 54.9 Å². The highest BCUT2D eigenvalue weighted by Gasteiger charge is 2.21. The van der Waals surface area contributed by atoms with Crippen molar-refractivity contribution in [3.05, 3.63) is 59.4 Å². The molecule has 2 nitrogen and oxygen atoms in total. The fourth-order valence-electron chi connectivity index (χ4n) is 3.93. The fourth-order valence-corrected chi connectivity index (χ4v) is 3.93. The van der Waals surface area contributed by atoms with E-state index < -0.39 is 0 Å². The summed E-state index contributed by atoms with van der Waals surface area (Å²) in [5.41, 5.74) is 3.30. The van der Waals surface area contributed by atoms with Gasteiger partial charge in [-0.1, -0.05) is 44.7 Å². The van der Waals surface area contributed by atoms with E-state index in [-0.39, 0.29) is 0 Å². The molecule has 0 saturated heterocycles. The molecule has 1 heterocycles. The van der Waals surface area contributed by atoms with Crippen molar-refractivity contribution in [1.29, 1.82) is 0 Å². The summed E-state index contributed by atoms with van der Waals surface area (Å²) in [4.78, 5) is 4.36. The molecule has 3 rings (SSSR count). The summed E-state index contributed by atoms with van der Waals surface area (Å²) >= 11 is 0. The zero-order valence-corrected chi connectivity index (χ0v) is 16.7. The van der Waals surface area contributed by atoms with Crippen molar-refractivity contribution in [2.75, 3.05) is 6.61 Å². The maximum absolute atomic E-state index is 5.55. The first-order valence-corrected chi connectivity index (χ1v) is 10.5. The van der Waals surface area contributed by atoms with Crippen LogP contribution in [-0.4, -0.2) is 11.6 Å². The van der Waals surface area contributed by atoms with Gasteiger partial charge in [-0.2, -0.15) is 0 Å². The molecule has 2 aromatic rings. The van der Waals surface area contributed by atoms with Crippen molar-refractivity contribution in [1.82, 2.24) is 4.98 Å². The smallest absolute Gasteiger partial charge is 0.137 e. The van der Waals surface area contributed by atoms with E-state index >= 15 is 0 Å². The van der Waals surface area contributed by atoms with Crippen molar-refractivity contribution in [3.8, 4) is 17.6 Å². The summed E-state index contributed by atoms with van der Waals surface area (Å²) in [5, 5.41) is 0. The first kappa shape index (κ1) is 19.5. The Bertz CT molecular complexity index is 744. The molecule has 0 bridgehead atoms. The van der Waals surface area contributed by atoms with Crippen LogP contribution in [0.2, 0.25) is 0 Å². The Morgan fingerprint density at radius 1 is 0.926 bits per heavy atom. The Hall–Kier alpha value is -2.27. The van der Waals surface area contributed by atoms with Gasteiger partial charge in [-0.15, -0.1) is 0 Å². The van der Waals surface area contributed by atoms with E-state index in [1.807, 2.05) is 12.1 Å². The molecule has 0 atom stereocenters. The third-order valence-corrected chi connectivity index (χ3v) is 5.47. The Kier molecular flexibility index (Phi) is 7.34. The van der Waals surface area contributed by atoms with Crippen LogP contribution in [0, 0.1) is 17.8 Å². The molecule has 0 N–H and O–H groups in total. The lowest BCUT2D eigenvalue weighted by molar-refractivity contribution is 0.308. The van der Waals surface area contributed by atoms with Crippen LogP contribution in [0.3, 0.4) is 0 Å². The predicted molar refractivity (Wildman–Crippen MR) is 112 cm³/mol. The second-order valence-electron chi connectivity index (χ2n) is 7.61. The highest BCUT2D eigenvalue weighted by atomic mass is 16.5. The maximum atomic E-state index is 5.55. The van der Waals surface area contributed by atoms with Crippen molar-refractivity contribution >= 4 is 0 Å². The van der Waals surface area contributed by atoms with Gasteiger partial charge in [0.05, 0.1) is 12.8 Å². The number of rotatable bonds is 6. The van der Waals surface area contributed by atoms with E-state index in [0.717, 1.165) is 41.9 Å². The molecule has 27 heavy (non-hydrogen) atoms. The highest BCUT2D eigenvalue weighted by Crippen LogP contribution is 2.37. The minimum Gasteiger partial charge on any atom is -0.492 e. The lowest BCUT2D eigenvalue weighted by Crippen LogP contribution is -2.13. The molecule has 1 aromatic heterocycles.